The first kappa shape index (κ1) is 19.9. The van der Waals surface area contributed by atoms with E-state index in [0.29, 0.717) is 27.9 Å². The molecule has 0 saturated heterocycles. The molecule has 1 unspecified atom stereocenters. The van der Waals surface area contributed by atoms with Gasteiger partial charge in [-0.15, -0.1) is 0 Å². The summed E-state index contributed by atoms with van der Waals surface area (Å²) in [6.45, 7) is 3.97. The molecule has 2 heterocycles. The lowest BCUT2D eigenvalue weighted by molar-refractivity contribution is -0.137. The van der Waals surface area contributed by atoms with E-state index < -0.39 is 11.7 Å². The molecule has 148 valence electrons. The van der Waals surface area contributed by atoms with Crippen molar-refractivity contribution in [3.63, 3.8) is 0 Å². The summed E-state index contributed by atoms with van der Waals surface area (Å²) in [5.41, 5.74) is 1.07. The lowest BCUT2D eigenvalue weighted by Crippen LogP contribution is -2.32. The van der Waals surface area contributed by atoms with Crippen LogP contribution in [0.15, 0.2) is 36.5 Å². The van der Waals surface area contributed by atoms with Crippen molar-refractivity contribution in [2.75, 3.05) is 0 Å². The van der Waals surface area contributed by atoms with Crippen molar-refractivity contribution in [1.29, 1.82) is 0 Å². The molecular weight excluding hydrogens is 369 g/mol. The van der Waals surface area contributed by atoms with E-state index in [2.05, 4.69) is 15.4 Å². The number of carbonyl (C=O) groups is 1. The average Bonchev–Trinajstić information content (AvgIpc) is 3.01. The Morgan fingerprint density at radius 3 is 2.54 bits per heavy atom. The number of nitrogens with zero attached hydrogens (tertiary/aromatic N) is 3. The fourth-order valence-electron chi connectivity index (χ4n) is 3.09. The molecule has 0 bridgehead atoms. The molecule has 1 aromatic carbocycles. The van der Waals surface area contributed by atoms with Gasteiger partial charge in [0.15, 0.2) is 5.65 Å². The summed E-state index contributed by atoms with van der Waals surface area (Å²) in [6, 6.07) is 6.33. The monoisotopic (exact) mass is 390 g/mol. The van der Waals surface area contributed by atoms with Gasteiger partial charge in [0, 0.05) is 18.7 Å². The molecule has 8 heteroatoms. The molecule has 0 fully saturated rings. The van der Waals surface area contributed by atoms with Crippen LogP contribution in [0.25, 0.3) is 22.3 Å². The number of hydrogen-bond donors (Lipinski definition) is 1. The van der Waals surface area contributed by atoms with Crippen LogP contribution in [-0.2, 0) is 13.2 Å². The summed E-state index contributed by atoms with van der Waals surface area (Å²) >= 11 is 0. The summed E-state index contributed by atoms with van der Waals surface area (Å²) in [4.78, 5) is 17.3. The summed E-state index contributed by atoms with van der Waals surface area (Å²) in [5.74, 6) is -0.255. The molecular formula is C20H21F3N4O. The van der Waals surface area contributed by atoms with E-state index in [1.54, 1.807) is 19.3 Å². The number of alkyl halides is 3. The fraction of sp³-hybridized carbons (Fsp3) is 0.350. The number of aryl methyl sites for hydroxylation is 1. The smallest absolute Gasteiger partial charge is 0.350 e. The van der Waals surface area contributed by atoms with Gasteiger partial charge in [-0.1, -0.05) is 25.5 Å². The Hall–Kier alpha value is -2.90. The first-order valence-corrected chi connectivity index (χ1v) is 9.02. The van der Waals surface area contributed by atoms with E-state index in [0.717, 1.165) is 25.0 Å². The Morgan fingerprint density at radius 1 is 1.25 bits per heavy atom. The third kappa shape index (κ3) is 4.00. The number of halogens is 3. The third-order valence-corrected chi connectivity index (χ3v) is 4.56. The molecule has 0 spiro atoms. The zero-order valence-electron chi connectivity index (χ0n) is 15.8. The highest BCUT2D eigenvalue weighted by molar-refractivity contribution is 6.06. The Labute approximate surface area is 160 Å². The van der Waals surface area contributed by atoms with E-state index in [1.807, 2.05) is 13.8 Å². The number of carbonyl (C=O) groups excluding carboxylic acids is 1. The maximum Gasteiger partial charge on any atom is 0.416 e. The SMILES string of the molecule is CCCC(C)NC(=O)c1cc(-c2ccc(C(F)(F)F)cc2)nc2c1cnn2C. The van der Waals surface area contributed by atoms with E-state index in [1.165, 1.54) is 16.8 Å². The van der Waals surface area contributed by atoms with Gasteiger partial charge in [0.05, 0.1) is 28.4 Å². The molecule has 5 nitrogen and oxygen atoms in total. The van der Waals surface area contributed by atoms with Crippen LogP contribution in [0.1, 0.15) is 42.6 Å². The Balaban J connectivity index is 2.04. The average molecular weight is 390 g/mol. The van der Waals surface area contributed by atoms with E-state index in [9.17, 15) is 18.0 Å². The molecule has 1 N–H and O–H groups in total. The van der Waals surface area contributed by atoms with E-state index in [-0.39, 0.29) is 11.9 Å². The number of nitrogens with one attached hydrogen (secondary N) is 1. The minimum atomic E-state index is -4.40. The second-order valence-corrected chi connectivity index (χ2v) is 6.80. The van der Waals surface area contributed by atoms with Gasteiger partial charge in [-0.05, 0) is 31.5 Å². The van der Waals surface area contributed by atoms with Crippen LogP contribution in [0.3, 0.4) is 0 Å². The zero-order chi connectivity index (χ0) is 20.5. The van der Waals surface area contributed by atoms with E-state index in [4.69, 9.17) is 0 Å². The second-order valence-electron chi connectivity index (χ2n) is 6.80. The van der Waals surface area contributed by atoms with Crippen molar-refractivity contribution in [3.05, 3.63) is 47.7 Å². The fourth-order valence-corrected chi connectivity index (χ4v) is 3.09. The van der Waals surface area contributed by atoms with Gasteiger partial charge < -0.3 is 5.32 Å². The number of fused-ring (bicyclic) bond motifs is 1. The predicted molar refractivity (Wildman–Crippen MR) is 101 cm³/mol. The quantitative estimate of drug-likeness (QED) is 0.694. The topological polar surface area (TPSA) is 59.8 Å². The second kappa shape index (κ2) is 7.61. The third-order valence-electron chi connectivity index (χ3n) is 4.56. The summed E-state index contributed by atoms with van der Waals surface area (Å²) in [6.07, 6.45) is -1.05. The highest BCUT2D eigenvalue weighted by Gasteiger charge is 2.30. The van der Waals surface area contributed by atoms with Crippen LogP contribution in [0.2, 0.25) is 0 Å². The van der Waals surface area contributed by atoms with Crippen molar-refractivity contribution in [1.82, 2.24) is 20.1 Å². The molecule has 1 atom stereocenters. The predicted octanol–water partition coefficient (Wildman–Crippen LogP) is 4.57. The maximum atomic E-state index is 12.8. The van der Waals surface area contributed by atoms with Crippen molar-refractivity contribution in [2.24, 2.45) is 7.05 Å². The van der Waals surface area contributed by atoms with Crippen LogP contribution in [0.4, 0.5) is 13.2 Å². The van der Waals surface area contributed by atoms with Gasteiger partial charge in [0.2, 0.25) is 0 Å². The number of benzene rings is 1. The van der Waals surface area contributed by atoms with Gasteiger partial charge in [0.1, 0.15) is 0 Å². The van der Waals surface area contributed by atoms with Crippen LogP contribution >= 0.6 is 0 Å². The molecule has 1 amide bonds. The molecule has 3 rings (SSSR count). The highest BCUT2D eigenvalue weighted by atomic mass is 19.4. The molecule has 2 aromatic heterocycles. The molecule has 0 aliphatic carbocycles. The van der Waals surface area contributed by atoms with Gasteiger partial charge in [0.25, 0.3) is 5.91 Å². The largest absolute Gasteiger partial charge is 0.416 e. The van der Waals surface area contributed by atoms with E-state index >= 15 is 0 Å². The summed E-state index contributed by atoms with van der Waals surface area (Å²) in [5, 5.41) is 7.71. The summed E-state index contributed by atoms with van der Waals surface area (Å²) < 4.78 is 40.0. The van der Waals surface area contributed by atoms with Gasteiger partial charge in [-0.25, -0.2) is 4.98 Å². The van der Waals surface area contributed by atoms with Crippen LogP contribution in [-0.4, -0.2) is 26.7 Å². The Morgan fingerprint density at radius 2 is 1.93 bits per heavy atom. The van der Waals surface area contributed by atoms with Crippen LogP contribution < -0.4 is 5.32 Å². The Bertz CT molecular complexity index is 993. The van der Waals surface area contributed by atoms with Crippen molar-refractivity contribution in [2.45, 2.75) is 38.9 Å². The highest BCUT2D eigenvalue weighted by Crippen LogP contribution is 2.31. The molecule has 0 saturated carbocycles. The van der Waals surface area contributed by atoms with Crippen LogP contribution in [0, 0.1) is 0 Å². The maximum absolute atomic E-state index is 12.8. The first-order chi connectivity index (χ1) is 13.2. The first-order valence-electron chi connectivity index (χ1n) is 9.02. The number of aromatic nitrogens is 3. The molecule has 3 aromatic rings. The molecule has 28 heavy (non-hydrogen) atoms. The van der Waals surface area contributed by atoms with Crippen LogP contribution in [0.5, 0.6) is 0 Å². The number of rotatable bonds is 5. The number of amides is 1. The Kier molecular flexibility index (Phi) is 5.40. The van der Waals surface area contributed by atoms with Crippen molar-refractivity contribution < 1.29 is 18.0 Å². The normalized spacial score (nSPS) is 12.9. The molecule has 0 aliphatic heterocycles. The van der Waals surface area contributed by atoms with Gasteiger partial charge in [-0.2, -0.15) is 18.3 Å². The number of pyridine rings is 1. The van der Waals surface area contributed by atoms with Gasteiger partial charge in [-0.3, -0.25) is 9.48 Å². The molecule has 0 aliphatic rings. The standard InChI is InChI=1S/C20H21F3N4O/c1-4-5-12(2)25-19(28)15-10-17(26-18-16(15)11-24-27(18)3)13-6-8-14(9-7-13)20(21,22)23/h6-12H,4-5H2,1-3H3,(H,25,28). The minimum absolute atomic E-state index is 0.00639. The van der Waals surface area contributed by atoms with Crippen molar-refractivity contribution in [3.8, 4) is 11.3 Å². The zero-order valence-corrected chi connectivity index (χ0v) is 15.8. The van der Waals surface area contributed by atoms with Gasteiger partial charge >= 0.3 is 6.18 Å². The molecule has 0 radical (unpaired) electrons. The lowest BCUT2D eigenvalue weighted by atomic mass is 10.0. The van der Waals surface area contributed by atoms with Crippen molar-refractivity contribution >= 4 is 16.9 Å². The lowest BCUT2D eigenvalue weighted by Gasteiger charge is -2.14. The summed E-state index contributed by atoms with van der Waals surface area (Å²) in [7, 11) is 1.70. The number of hydrogen-bond acceptors (Lipinski definition) is 3. The minimum Gasteiger partial charge on any atom is -0.350 e.